The minimum atomic E-state index is -0.274. The number of thioether (sulfide) groups is 1. The molecule has 0 aliphatic carbocycles. The van der Waals surface area contributed by atoms with Crippen molar-refractivity contribution >= 4 is 57.5 Å². The van der Waals surface area contributed by atoms with Crippen molar-refractivity contribution in [3.05, 3.63) is 0 Å². The third-order valence-electron chi connectivity index (χ3n) is 1.94. The summed E-state index contributed by atoms with van der Waals surface area (Å²) >= 11 is 1.81. The van der Waals surface area contributed by atoms with E-state index in [4.69, 9.17) is 11.5 Å². The maximum absolute atomic E-state index is 10.4. The smallest absolute Gasteiger partial charge is 0.218 e. The van der Waals surface area contributed by atoms with Crippen LogP contribution in [-0.4, -0.2) is 49.5 Å². The molecule has 6 nitrogen and oxygen atoms in total. The first-order chi connectivity index (χ1) is 8.13. The highest BCUT2D eigenvalue weighted by Crippen LogP contribution is 1.95. The summed E-state index contributed by atoms with van der Waals surface area (Å²) in [6.07, 6.45) is 0.776. The van der Waals surface area contributed by atoms with Crippen LogP contribution in [0.3, 0.4) is 0 Å². The fourth-order valence-corrected chi connectivity index (χ4v) is 1.85. The van der Waals surface area contributed by atoms with E-state index in [0.717, 1.165) is 24.6 Å². The molecule has 0 bridgehead atoms. The zero-order chi connectivity index (χ0) is 12.9. The lowest BCUT2D eigenvalue weighted by molar-refractivity contribution is -0.118. The molecule has 0 aromatic rings. The standard InChI is InChI=1S/C10H22N4O2S.2BrH/c11-9(15)1-3-13-5-7-17-8-6-14-4-2-10(12)16;;/h13-14H,1-8H2,(H2,11,15)(H2,12,16);2*1H. The summed E-state index contributed by atoms with van der Waals surface area (Å²) in [6.45, 7) is 3.04. The molecule has 0 aliphatic rings. The summed E-state index contributed by atoms with van der Waals surface area (Å²) in [5.74, 6) is 1.44. The summed E-state index contributed by atoms with van der Waals surface area (Å²) in [5.41, 5.74) is 9.99. The predicted octanol–water partition coefficient (Wildman–Crippen LogP) is -0.195. The zero-order valence-corrected chi connectivity index (χ0v) is 15.1. The first-order valence-corrected chi connectivity index (χ1v) is 6.84. The Balaban J connectivity index is -0.00000128. The summed E-state index contributed by atoms with van der Waals surface area (Å²) < 4.78 is 0. The number of amides is 2. The van der Waals surface area contributed by atoms with Gasteiger partial charge in [0.15, 0.2) is 0 Å². The summed E-state index contributed by atoms with van der Waals surface area (Å²) in [7, 11) is 0. The normalized spacial score (nSPS) is 9.26. The molecule has 0 radical (unpaired) electrons. The van der Waals surface area contributed by atoms with Crippen LogP contribution in [0.1, 0.15) is 12.8 Å². The van der Waals surface area contributed by atoms with Crippen molar-refractivity contribution in [2.75, 3.05) is 37.7 Å². The average molecular weight is 424 g/mol. The first kappa shape index (κ1) is 24.2. The van der Waals surface area contributed by atoms with Crippen LogP contribution in [0.4, 0.5) is 0 Å². The predicted molar refractivity (Wildman–Crippen MR) is 91.3 cm³/mol. The lowest BCUT2D eigenvalue weighted by Gasteiger charge is -2.04. The average Bonchev–Trinajstić information content (AvgIpc) is 2.25. The third-order valence-corrected chi connectivity index (χ3v) is 2.93. The highest BCUT2D eigenvalue weighted by atomic mass is 79.9. The highest BCUT2D eigenvalue weighted by Gasteiger charge is 1.95. The minimum absolute atomic E-state index is 0. The second-order valence-corrected chi connectivity index (χ2v) is 4.77. The second kappa shape index (κ2) is 18.2. The van der Waals surface area contributed by atoms with Crippen LogP contribution in [0, 0.1) is 0 Å². The van der Waals surface area contributed by atoms with Crippen molar-refractivity contribution in [2.45, 2.75) is 12.8 Å². The Hall–Kier alpha value is 0.170. The number of carbonyl (C=O) groups excluding carboxylic acids is 2. The van der Waals surface area contributed by atoms with Crippen LogP contribution < -0.4 is 22.1 Å². The summed E-state index contributed by atoms with van der Waals surface area (Å²) in [6, 6.07) is 0. The Morgan fingerprint density at radius 2 is 1.16 bits per heavy atom. The molecule has 0 aromatic carbocycles. The van der Waals surface area contributed by atoms with Crippen molar-refractivity contribution in [1.82, 2.24) is 10.6 Å². The number of nitrogens with two attached hydrogens (primary N) is 2. The molecule has 0 heterocycles. The molecule has 9 heteroatoms. The second-order valence-electron chi connectivity index (χ2n) is 3.54. The topological polar surface area (TPSA) is 110 Å². The lowest BCUT2D eigenvalue weighted by atomic mass is 10.4. The zero-order valence-electron chi connectivity index (χ0n) is 10.9. The van der Waals surface area contributed by atoms with Crippen molar-refractivity contribution < 1.29 is 9.59 Å². The quantitative estimate of drug-likeness (QED) is 0.325. The van der Waals surface area contributed by atoms with E-state index in [9.17, 15) is 9.59 Å². The van der Waals surface area contributed by atoms with E-state index >= 15 is 0 Å². The Labute approximate surface area is 139 Å². The van der Waals surface area contributed by atoms with Crippen LogP contribution in [-0.2, 0) is 9.59 Å². The molecule has 0 unspecified atom stereocenters. The minimum Gasteiger partial charge on any atom is -0.370 e. The number of hydrogen-bond donors (Lipinski definition) is 4. The van der Waals surface area contributed by atoms with Gasteiger partial charge in [0.25, 0.3) is 0 Å². The van der Waals surface area contributed by atoms with Gasteiger partial charge in [-0.15, -0.1) is 34.0 Å². The number of carbonyl (C=O) groups is 2. The van der Waals surface area contributed by atoms with E-state index in [1.807, 2.05) is 11.8 Å². The van der Waals surface area contributed by atoms with Crippen molar-refractivity contribution in [1.29, 1.82) is 0 Å². The SMILES string of the molecule is Br.Br.NC(=O)CCNCCSCCNCCC(N)=O. The molecule has 2 amide bonds. The Bertz CT molecular complexity index is 214. The van der Waals surface area contributed by atoms with Gasteiger partial charge in [0, 0.05) is 50.5 Å². The van der Waals surface area contributed by atoms with Gasteiger partial charge in [-0.2, -0.15) is 11.8 Å². The van der Waals surface area contributed by atoms with Crippen molar-refractivity contribution in [3.8, 4) is 0 Å². The molecule has 0 atom stereocenters. The van der Waals surface area contributed by atoms with Gasteiger partial charge in [-0.25, -0.2) is 0 Å². The van der Waals surface area contributed by atoms with Gasteiger partial charge in [-0.3, -0.25) is 9.59 Å². The third kappa shape index (κ3) is 23.7. The van der Waals surface area contributed by atoms with E-state index in [1.54, 1.807) is 0 Å². The fraction of sp³-hybridized carbons (Fsp3) is 0.800. The maximum Gasteiger partial charge on any atom is 0.218 e. The van der Waals surface area contributed by atoms with Crippen LogP contribution in [0.2, 0.25) is 0 Å². The van der Waals surface area contributed by atoms with Crippen molar-refractivity contribution in [3.63, 3.8) is 0 Å². The first-order valence-electron chi connectivity index (χ1n) is 5.68. The molecular weight excluding hydrogens is 400 g/mol. The van der Waals surface area contributed by atoms with E-state index < -0.39 is 0 Å². The molecule has 0 aromatic heterocycles. The van der Waals surface area contributed by atoms with Crippen LogP contribution in [0.15, 0.2) is 0 Å². The molecule has 0 fully saturated rings. The Morgan fingerprint density at radius 3 is 1.47 bits per heavy atom. The van der Waals surface area contributed by atoms with E-state index in [-0.39, 0.29) is 45.8 Å². The van der Waals surface area contributed by atoms with Gasteiger partial charge in [0.05, 0.1) is 0 Å². The molecule has 0 aliphatic heterocycles. The van der Waals surface area contributed by atoms with E-state index in [0.29, 0.717) is 25.9 Å². The van der Waals surface area contributed by atoms with Gasteiger partial charge in [-0.05, 0) is 0 Å². The summed E-state index contributed by atoms with van der Waals surface area (Å²) in [4.78, 5) is 20.8. The van der Waals surface area contributed by atoms with Gasteiger partial charge in [0.1, 0.15) is 0 Å². The van der Waals surface area contributed by atoms with Gasteiger partial charge >= 0.3 is 0 Å². The fourth-order valence-electron chi connectivity index (χ4n) is 1.06. The monoisotopic (exact) mass is 422 g/mol. The molecule has 0 rings (SSSR count). The van der Waals surface area contributed by atoms with Gasteiger partial charge < -0.3 is 22.1 Å². The number of halogens is 2. The van der Waals surface area contributed by atoms with Crippen LogP contribution >= 0.6 is 45.7 Å². The molecule has 0 spiro atoms. The van der Waals surface area contributed by atoms with Crippen LogP contribution in [0.5, 0.6) is 0 Å². The largest absolute Gasteiger partial charge is 0.370 e. The van der Waals surface area contributed by atoms with Gasteiger partial charge in [-0.1, -0.05) is 0 Å². The Kier molecular flexibility index (Phi) is 23.1. The van der Waals surface area contributed by atoms with E-state index in [1.165, 1.54) is 0 Å². The number of rotatable bonds is 12. The molecule has 0 saturated carbocycles. The number of hydrogen-bond acceptors (Lipinski definition) is 5. The highest BCUT2D eigenvalue weighted by molar-refractivity contribution is 8.93. The van der Waals surface area contributed by atoms with Crippen LogP contribution in [0.25, 0.3) is 0 Å². The number of nitrogens with one attached hydrogen (secondary N) is 2. The van der Waals surface area contributed by atoms with Gasteiger partial charge in [0.2, 0.25) is 11.8 Å². The Morgan fingerprint density at radius 1 is 0.789 bits per heavy atom. The van der Waals surface area contributed by atoms with E-state index in [2.05, 4.69) is 10.6 Å². The molecule has 19 heavy (non-hydrogen) atoms. The molecule has 0 saturated heterocycles. The summed E-state index contributed by atoms with van der Waals surface area (Å²) in [5, 5.41) is 6.26. The van der Waals surface area contributed by atoms with Crippen molar-refractivity contribution in [2.24, 2.45) is 11.5 Å². The molecule has 6 N–H and O–H groups in total. The molecule has 116 valence electrons. The maximum atomic E-state index is 10.4. The molecular formula is C10H24Br2N4O2S. The number of primary amides is 2. The lowest BCUT2D eigenvalue weighted by Crippen LogP contribution is -2.25.